The van der Waals surface area contributed by atoms with Gasteiger partial charge in [0.1, 0.15) is 0 Å². The minimum atomic E-state index is -0.520. The Balaban J connectivity index is 1.59. The van der Waals surface area contributed by atoms with E-state index in [1.54, 1.807) is 0 Å². The van der Waals surface area contributed by atoms with E-state index in [0.717, 1.165) is 5.56 Å². The molecule has 2 aromatic rings. The van der Waals surface area contributed by atoms with Gasteiger partial charge in [0.05, 0.1) is 6.10 Å². The Morgan fingerprint density at radius 1 is 1.23 bits per heavy atom. The fourth-order valence-electron chi connectivity index (χ4n) is 3.28. The van der Waals surface area contributed by atoms with E-state index in [1.165, 1.54) is 16.8 Å². The third kappa shape index (κ3) is 4.70. The molecule has 26 heavy (non-hydrogen) atoms. The lowest BCUT2D eigenvalue weighted by molar-refractivity contribution is -0.123. The SMILES string of the molecule is O=C(CCn1ccc(=O)[nH]c1=O)N[C@H](Cc1ccccc1)C1CC(O)C1. The van der Waals surface area contributed by atoms with Crippen LogP contribution in [0.1, 0.15) is 24.8 Å². The summed E-state index contributed by atoms with van der Waals surface area (Å²) in [7, 11) is 0. The first-order valence-electron chi connectivity index (χ1n) is 8.82. The van der Waals surface area contributed by atoms with E-state index in [2.05, 4.69) is 10.3 Å². The van der Waals surface area contributed by atoms with Crippen LogP contribution in [0.3, 0.4) is 0 Å². The molecule has 1 heterocycles. The van der Waals surface area contributed by atoms with E-state index in [9.17, 15) is 19.5 Å². The van der Waals surface area contributed by atoms with Gasteiger partial charge in [-0.05, 0) is 30.7 Å². The first kappa shape index (κ1) is 18.1. The molecule has 3 rings (SSSR count). The molecule has 1 aliphatic rings. The van der Waals surface area contributed by atoms with Crippen molar-refractivity contribution in [3.63, 3.8) is 0 Å². The molecule has 0 spiro atoms. The van der Waals surface area contributed by atoms with Gasteiger partial charge in [-0.25, -0.2) is 4.79 Å². The zero-order valence-electron chi connectivity index (χ0n) is 14.4. The third-order valence-corrected chi connectivity index (χ3v) is 4.84. The third-order valence-electron chi connectivity index (χ3n) is 4.84. The maximum absolute atomic E-state index is 12.4. The summed E-state index contributed by atoms with van der Waals surface area (Å²) in [6.45, 7) is 0.201. The summed E-state index contributed by atoms with van der Waals surface area (Å²) in [5, 5.41) is 12.6. The number of carbonyl (C=O) groups excluding carboxylic acids is 1. The number of aliphatic hydroxyl groups is 1. The molecule has 0 aliphatic heterocycles. The Hall–Kier alpha value is -2.67. The van der Waals surface area contributed by atoms with E-state index in [0.29, 0.717) is 19.3 Å². The number of benzene rings is 1. The lowest BCUT2D eigenvalue weighted by Crippen LogP contribution is -2.48. The van der Waals surface area contributed by atoms with Crippen molar-refractivity contribution < 1.29 is 9.90 Å². The van der Waals surface area contributed by atoms with Gasteiger partial charge in [0, 0.05) is 31.3 Å². The lowest BCUT2D eigenvalue weighted by atomic mass is 9.75. The van der Waals surface area contributed by atoms with Gasteiger partial charge in [0.25, 0.3) is 5.56 Å². The summed E-state index contributed by atoms with van der Waals surface area (Å²) in [5.41, 5.74) is 0.159. The Labute approximate surface area is 150 Å². The minimum Gasteiger partial charge on any atom is -0.393 e. The second-order valence-corrected chi connectivity index (χ2v) is 6.80. The van der Waals surface area contributed by atoms with Gasteiger partial charge >= 0.3 is 5.69 Å². The largest absolute Gasteiger partial charge is 0.393 e. The number of hydrogen-bond donors (Lipinski definition) is 3. The number of nitrogens with one attached hydrogen (secondary N) is 2. The summed E-state index contributed by atoms with van der Waals surface area (Å²) < 4.78 is 1.31. The van der Waals surface area contributed by atoms with Crippen LogP contribution in [-0.4, -0.2) is 32.7 Å². The van der Waals surface area contributed by atoms with Crippen molar-refractivity contribution in [3.8, 4) is 0 Å². The summed E-state index contributed by atoms with van der Waals surface area (Å²) in [6, 6.07) is 11.1. The van der Waals surface area contributed by atoms with Crippen LogP contribution in [-0.2, 0) is 17.8 Å². The first-order chi connectivity index (χ1) is 12.5. The topological polar surface area (TPSA) is 104 Å². The van der Waals surface area contributed by atoms with Gasteiger partial charge in [-0.2, -0.15) is 0 Å². The summed E-state index contributed by atoms with van der Waals surface area (Å²) in [5.74, 6) is 0.107. The Kier molecular flexibility index (Phi) is 5.68. The molecule has 1 aliphatic carbocycles. The van der Waals surface area contributed by atoms with E-state index < -0.39 is 11.2 Å². The van der Waals surface area contributed by atoms with Crippen molar-refractivity contribution in [1.29, 1.82) is 0 Å². The number of nitrogens with zero attached hydrogens (tertiary/aromatic N) is 1. The van der Waals surface area contributed by atoms with Crippen LogP contribution in [0.4, 0.5) is 0 Å². The average Bonchev–Trinajstić information content (AvgIpc) is 2.58. The molecule has 0 bridgehead atoms. The van der Waals surface area contributed by atoms with Crippen LogP contribution in [0.2, 0.25) is 0 Å². The van der Waals surface area contributed by atoms with Gasteiger partial charge in [-0.3, -0.25) is 14.6 Å². The van der Waals surface area contributed by atoms with E-state index >= 15 is 0 Å². The van der Waals surface area contributed by atoms with Gasteiger partial charge in [0.15, 0.2) is 0 Å². The zero-order chi connectivity index (χ0) is 18.5. The number of amides is 1. The molecule has 7 heteroatoms. The standard InChI is InChI=1S/C19H23N3O4/c23-15-11-14(12-15)16(10-13-4-2-1-3-5-13)20-17(24)6-8-22-9-7-18(25)21-19(22)26/h1-5,7,9,14-16,23H,6,8,10-12H2,(H,20,24)(H,21,25,26)/t14?,15?,16-/m1/s1. The quantitative estimate of drug-likeness (QED) is 0.668. The number of H-pyrrole nitrogens is 1. The number of rotatable bonds is 7. The van der Waals surface area contributed by atoms with Crippen LogP contribution >= 0.6 is 0 Å². The van der Waals surface area contributed by atoms with Crippen molar-refractivity contribution in [2.24, 2.45) is 5.92 Å². The Morgan fingerprint density at radius 3 is 2.62 bits per heavy atom. The van der Waals surface area contributed by atoms with Crippen molar-refractivity contribution >= 4 is 5.91 Å². The molecule has 0 unspecified atom stereocenters. The molecule has 138 valence electrons. The van der Waals surface area contributed by atoms with E-state index in [1.807, 2.05) is 30.3 Å². The number of aromatic nitrogens is 2. The molecule has 1 aromatic heterocycles. The van der Waals surface area contributed by atoms with Gasteiger partial charge < -0.3 is 15.0 Å². The van der Waals surface area contributed by atoms with Crippen LogP contribution in [0, 0.1) is 5.92 Å². The smallest absolute Gasteiger partial charge is 0.328 e. The highest BCUT2D eigenvalue weighted by Crippen LogP contribution is 2.31. The molecule has 7 nitrogen and oxygen atoms in total. The highest BCUT2D eigenvalue weighted by molar-refractivity contribution is 5.76. The van der Waals surface area contributed by atoms with Gasteiger partial charge in [0.2, 0.25) is 5.91 Å². The summed E-state index contributed by atoms with van der Waals surface area (Å²) in [6.07, 6.45) is 3.34. The molecule has 3 N–H and O–H groups in total. The Morgan fingerprint density at radius 2 is 1.96 bits per heavy atom. The number of aromatic amines is 1. The second-order valence-electron chi connectivity index (χ2n) is 6.80. The van der Waals surface area contributed by atoms with Gasteiger partial charge in [-0.15, -0.1) is 0 Å². The molecule has 0 saturated heterocycles. The second kappa shape index (κ2) is 8.14. The van der Waals surface area contributed by atoms with Crippen LogP contribution in [0.5, 0.6) is 0 Å². The fourth-order valence-corrected chi connectivity index (χ4v) is 3.28. The minimum absolute atomic E-state index is 0.0411. The molecule has 0 radical (unpaired) electrons. The molecule has 1 atom stereocenters. The van der Waals surface area contributed by atoms with E-state index in [4.69, 9.17) is 0 Å². The summed E-state index contributed by atoms with van der Waals surface area (Å²) >= 11 is 0. The Bertz CT molecular complexity index is 853. The van der Waals surface area contributed by atoms with E-state index in [-0.39, 0.29) is 36.9 Å². The van der Waals surface area contributed by atoms with Crippen LogP contribution in [0.25, 0.3) is 0 Å². The number of hydrogen-bond acceptors (Lipinski definition) is 4. The molecule has 1 saturated carbocycles. The van der Waals surface area contributed by atoms with Crippen molar-refractivity contribution in [1.82, 2.24) is 14.9 Å². The molecule has 1 amide bonds. The monoisotopic (exact) mass is 357 g/mol. The lowest BCUT2D eigenvalue weighted by Gasteiger charge is -2.38. The maximum atomic E-state index is 12.4. The highest BCUT2D eigenvalue weighted by Gasteiger charge is 2.34. The molecular formula is C19H23N3O4. The highest BCUT2D eigenvalue weighted by atomic mass is 16.3. The van der Waals surface area contributed by atoms with Crippen LogP contribution < -0.4 is 16.6 Å². The predicted octanol–water partition coefficient (Wildman–Crippen LogP) is 0.425. The van der Waals surface area contributed by atoms with Gasteiger partial charge in [-0.1, -0.05) is 30.3 Å². The summed E-state index contributed by atoms with van der Waals surface area (Å²) in [4.78, 5) is 37.3. The fraction of sp³-hybridized carbons (Fsp3) is 0.421. The number of aryl methyl sites for hydroxylation is 1. The van der Waals surface area contributed by atoms with Crippen molar-refractivity contribution in [2.75, 3.05) is 0 Å². The zero-order valence-corrected chi connectivity index (χ0v) is 14.4. The first-order valence-corrected chi connectivity index (χ1v) is 8.82. The van der Waals surface area contributed by atoms with Crippen molar-refractivity contribution in [3.05, 3.63) is 69.0 Å². The molecular weight excluding hydrogens is 334 g/mol. The maximum Gasteiger partial charge on any atom is 0.328 e. The van der Waals surface area contributed by atoms with Crippen LogP contribution in [0.15, 0.2) is 52.2 Å². The van der Waals surface area contributed by atoms with Crippen molar-refractivity contribution in [2.45, 2.75) is 44.4 Å². The molecule has 1 fully saturated rings. The molecule has 1 aromatic carbocycles. The number of aliphatic hydroxyl groups excluding tert-OH is 1. The normalized spacial score (nSPS) is 20.2. The number of carbonyl (C=O) groups is 1. The predicted molar refractivity (Wildman–Crippen MR) is 96.7 cm³/mol. The average molecular weight is 357 g/mol.